The van der Waals surface area contributed by atoms with Crippen LogP contribution in [0.25, 0.3) is 21.8 Å². The summed E-state index contributed by atoms with van der Waals surface area (Å²) in [6.45, 7) is 9.92. The number of fused-ring (bicyclic) bond motifs is 3. The lowest BCUT2D eigenvalue weighted by Crippen LogP contribution is -2.26. The van der Waals surface area contributed by atoms with Crippen molar-refractivity contribution in [2.24, 2.45) is 0 Å². The van der Waals surface area contributed by atoms with Gasteiger partial charge in [-0.2, -0.15) is 0 Å². The first-order valence-electron chi connectivity index (χ1n) is 9.33. The summed E-state index contributed by atoms with van der Waals surface area (Å²) >= 11 is 0. The molecule has 0 amide bonds. The van der Waals surface area contributed by atoms with E-state index in [0.29, 0.717) is 5.39 Å². The van der Waals surface area contributed by atoms with E-state index in [9.17, 15) is 4.79 Å². The molecule has 0 aliphatic heterocycles. The van der Waals surface area contributed by atoms with E-state index < -0.39 is 9.04 Å². The first kappa shape index (κ1) is 19.7. The van der Waals surface area contributed by atoms with Crippen molar-refractivity contribution in [1.82, 2.24) is 9.55 Å². The number of methoxy groups -OCH3 is 1. The van der Waals surface area contributed by atoms with Crippen LogP contribution in [-0.2, 0) is 22.3 Å². The number of nitrogens with zero attached hydrogens (tertiary/aromatic N) is 2. The fraction of sp³-hybridized carbons (Fsp3) is 0.429. The summed E-state index contributed by atoms with van der Waals surface area (Å²) in [5, 5.41) is 1.85. The van der Waals surface area contributed by atoms with Gasteiger partial charge in [0.1, 0.15) is 6.73 Å². The van der Waals surface area contributed by atoms with E-state index in [1.54, 1.807) is 23.9 Å². The van der Waals surface area contributed by atoms with Crippen molar-refractivity contribution in [1.29, 1.82) is 0 Å². The van der Waals surface area contributed by atoms with Gasteiger partial charge >= 0.3 is 0 Å². The van der Waals surface area contributed by atoms with Gasteiger partial charge < -0.3 is 9.16 Å². The zero-order valence-electron chi connectivity index (χ0n) is 16.8. The van der Waals surface area contributed by atoms with Crippen LogP contribution in [0, 0.1) is 0 Å². The van der Waals surface area contributed by atoms with E-state index in [2.05, 4.69) is 44.4 Å². The molecule has 0 spiro atoms. The minimum atomic E-state index is -1.22. The minimum absolute atomic E-state index is 0.0754. The highest BCUT2D eigenvalue weighted by molar-refractivity contribution is 6.53. The molecule has 0 fully saturated rings. The topological polar surface area (TPSA) is 53.4 Å². The van der Waals surface area contributed by atoms with Crippen LogP contribution in [0.3, 0.4) is 0 Å². The van der Waals surface area contributed by atoms with E-state index in [-0.39, 0.29) is 17.3 Å². The quantitative estimate of drug-likeness (QED) is 0.478. The Labute approximate surface area is 161 Å². The highest BCUT2D eigenvalue weighted by Crippen LogP contribution is 2.27. The lowest BCUT2D eigenvalue weighted by molar-refractivity contribution is 0.132. The number of pyridine rings is 2. The number of hydrogen-bond donors (Lipinski definition) is 0. The molecule has 1 aromatic carbocycles. The highest BCUT2D eigenvalue weighted by atomic mass is 28.3. The summed E-state index contributed by atoms with van der Waals surface area (Å²) in [5.74, 6) is 0. The molecular formula is C21H28N2O3Si. The fourth-order valence-corrected chi connectivity index (χ4v) is 4.04. The normalized spacial score (nSPS) is 13.4. The van der Waals surface area contributed by atoms with E-state index in [0.717, 1.165) is 29.4 Å². The molecule has 2 aromatic heterocycles. The fourth-order valence-electron chi connectivity index (χ4n) is 3.07. The maximum Gasteiger partial charge on any atom is 0.262 e. The average Bonchev–Trinajstić information content (AvgIpc) is 2.64. The molecule has 0 bridgehead atoms. The third-order valence-corrected chi connectivity index (χ3v) is 8.30. The Bertz CT molecular complexity index is 1010. The Kier molecular flexibility index (Phi) is 5.79. The minimum Gasteiger partial charge on any atom is -0.419 e. The Balaban J connectivity index is 1.98. The molecule has 3 rings (SSSR count). The summed E-state index contributed by atoms with van der Waals surface area (Å²) in [7, 11) is 0.375. The predicted molar refractivity (Wildman–Crippen MR) is 113 cm³/mol. The molecule has 0 aliphatic rings. The van der Waals surface area contributed by atoms with Crippen LogP contribution in [0.5, 0.6) is 0 Å². The molecule has 0 radical (unpaired) electrons. The zero-order valence-corrected chi connectivity index (χ0v) is 17.9. The average molecular weight is 385 g/mol. The molecule has 0 saturated carbocycles. The van der Waals surface area contributed by atoms with Gasteiger partial charge in [0.05, 0.1) is 16.4 Å². The Morgan fingerprint density at radius 1 is 1.19 bits per heavy atom. The molecule has 3 aromatic rings. The second-order valence-electron chi connectivity index (χ2n) is 8.03. The van der Waals surface area contributed by atoms with Gasteiger partial charge in [-0.3, -0.25) is 14.3 Å². The van der Waals surface area contributed by atoms with E-state index >= 15 is 0 Å². The molecule has 144 valence electrons. The third-order valence-electron chi connectivity index (χ3n) is 5.13. The summed E-state index contributed by atoms with van der Waals surface area (Å²) in [4.78, 5) is 17.3. The second-order valence-corrected chi connectivity index (χ2v) is 11.4. The number of aromatic nitrogens is 2. The Morgan fingerprint density at radius 2 is 1.96 bits per heavy atom. The van der Waals surface area contributed by atoms with E-state index in [1.807, 2.05) is 12.1 Å². The molecule has 2 heterocycles. The van der Waals surface area contributed by atoms with Crippen molar-refractivity contribution in [3.05, 3.63) is 52.4 Å². The van der Waals surface area contributed by atoms with Crippen molar-refractivity contribution >= 4 is 30.8 Å². The Hall–Kier alpha value is -2.02. The monoisotopic (exact) mass is 384 g/mol. The van der Waals surface area contributed by atoms with Crippen molar-refractivity contribution in [3.63, 3.8) is 0 Å². The van der Waals surface area contributed by atoms with Gasteiger partial charge in [0.2, 0.25) is 0 Å². The molecule has 0 N–H and O–H groups in total. The van der Waals surface area contributed by atoms with Crippen molar-refractivity contribution in [3.8, 4) is 0 Å². The molecule has 1 unspecified atom stereocenters. The standard InChI is InChI=1S/C21H28N2O3Si/c1-21(2,3)27(5)26-12-10-15-8-9-18-17(13-15)19-16(7-6-11-22-19)20(24)23(18)14-25-4/h6-9,11,13,27H,10,12,14H2,1-5H3. The molecule has 6 heteroatoms. The lowest BCUT2D eigenvalue weighted by atomic mass is 10.1. The molecule has 0 saturated heterocycles. The van der Waals surface area contributed by atoms with Gasteiger partial charge in [0, 0.05) is 25.3 Å². The van der Waals surface area contributed by atoms with E-state index in [1.165, 1.54) is 5.56 Å². The van der Waals surface area contributed by atoms with E-state index in [4.69, 9.17) is 9.16 Å². The summed E-state index contributed by atoms with van der Waals surface area (Å²) in [6.07, 6.45) is 2.58. The van der Waals surface area contributed by atoms with Crippen LogP contribution in [0.2, 0.25) is 11.6 Å². The molecular weight excluding hydrogens is 356 g/mol. The van der Waals surface area contributed by atoms with Gasteiger partial charge in [-0.25, -0.2) is 0 Å². The smallest absolute Gasteiger partial charge is 0.262 e. The molecule has 27 heavy (non-hydrogen) atoms. The van der Waals surface area contributed by atoms with Crippen molar-refractivity contribution < 1.29 is 9.16 Å². The maximum atomic E-state index is 12.8. The van der Waals surface area contributed by atoms with Gasteiger partial charge in [-0.15, -0.1) is 0 Å². The summed E-state index contributed by atoms with van der Waals surface area (Å²) in [5.41, 5.74) is 2.70. The van der Waals surface area contributed by atoms with Crippen LogP contribution in [0.4, 0.5) is 0 Å². The maximum absolute atomic E-state index is 12.8. The summed E-state index contributed by atoms with van der Waals surface area (Å²) < 4.78 is 13.0. The van der Waals surface area contributed by atoms with Gasteiger partial charge in [0.25, 0.3) is 5.56 Å². The van der Waals surface area contributed by atoms with Crippen molar-refractivity contribution in [2.45, 2.75) is 45.5 Å². The number of benzene rings is 1. The van der Waals surface area contributed by atoms with Crippen LogP contribution in [0.15, 0.2) is 41.3 Å². The lowest BCUT2D eigenvalue weighted by Gasteiger charge is -2.25. The van der Waals surface area contributed by atoms with Gasteiger partial charge in [-0.05, 0) is 47.8 Å². The third kappa shape index (κ3) is 4.13. The first-order chi connectivity index (χ1) is 12.8. The molecule has 0 aliphatic carbocycles. The summed E-state index contributed by atoms with van der Waals surface area (Å²) in [6, 6.07) is 9.80. The van der Waals surface area contributed by atoms with Gasteiger partial charge in [0.15, 0.2) is 9.04 Å². The number of ether oxygens (including phenoxy) is 1. The SMILES string of the molecule is COCn1c(=O)c2cccnc2c2cc(CCO[SiH](C)C(C)(C)C)ccc21. The van der Waals surface area contributed by atoms with Crippen LogP contribution in [-0.4, -0.2) is 32.3 Å². The largest absolute Gasteiger partial charge is 0.419 e. The van der Waals surface area contributed by atoms with Gasteiger partial charge in [-0.1, -0.05) is 26.8 Å². The number of rotatable bonds is 6. The second kappa shape index (κ2) is 7.92. The number of hydrogen-bond acceptors (Lipinski definition) is 4. The Morgan fingerprint density at radius 3 is 2.67 bits per heavy atom. The predicted octanol–water partition coefficient (Wildman–Crippen LogP) is 3.87. The van der Waals surface area contributed by atoms with Crippen LogP contribution < -0.4 is 5.56 Å². The molecule has 1 atom stereocenters. The first-order valence-corrected chi connectivity index (χ1v) is 11.5. The zero-order chi connectivity index (χ0) is 19.6. The van der Waals surface area contributed by atoms with Crippen LogP contribution >= 0.6 is 0 Å². The van der Waals surface area contributed by atoms with Crippen LogP contribution in [0.1, 0.15) is 26.3 Å². The van der Waals surface area contributed by atoms with Crippen molar-refractivity contribution in [2.75, 3.05) is 13.7 Å². The molecule has 5 nitrogen and oxygen atoms in total. The highest BCUT2D eigenvalue weighted by Gasteiger charge is 2.22.